The van der Waals surface area contributed by atoms with E-state index in [1.165, 1.54) is 5.56 Å². The molecule has 0 aliphatic carbocycles. The Hall–Kier alpha value is -0.670. The molecule has 0 saturated carbocycles. The predicted molar refractivity (Wildman–Crippen MR) is 54.4 cm³/mol. The van der Waals surface area contributed by atoms with Gasteiger partial charge in [0, 0.05) is 11.0 Å². The highest BCUT2D eigenvalue weighted by atomic mass is 79.9. The molecule has 0 spiro atoms. The van der Waals surface area contributed by atoms with Gasteiger partial charge in [-0.25, -0.2) is 0 Å². The summed E-state index contributed by atoms with van der Waals surface area (Å²) in [5.74, 6) is 0. The summed E-state index contributed by atoms with van der Waals surface area (Å²) >= 11 is 3.49. The highest BCUT2D eigenvalue weighted by Gasteiger charge is 2.27. The number of halogens is 1. The number of hydrogen-bond acceptors (Lipinski definition) is 2. The maximum atomic E-state index is 10.8. The van der Waals surface area contributed by atoms with Crippen LogP contribution in [-0.2, 0) is 11.3 Å². The van der Waals surface area contributed by atoms with Crippen molar-refractivity contribution in [3.8, 4) is 0 Å². The van der Waals surface area contributed by atoms with Gasteiger partial charge < -0.3 is 4.79 Å². The molecule has 13 heavy (non-hydrogen) atoms. The van der Waals surface area contributed by atoms with Crippen LogP contribution in [0.1, 0.15) is 17.2 Å². The van der Waals surface area contributed by atoms with Crippen molar-refractivity contribution in [1.82, 2.24) is 4.90 Å². The average Bonchev–Trinajstić information content (AvgIpc) is 2.43. The van der Waals surface area contributed by atoms with Crippen LogP contribution in [0.2, 0.25) is 0 Å². The number of fused-ring (bicyclic) bond motifs is 1. The SMILES string of the molecule is CN1Cc2c(Br)cccc2C1C=O. The number of nitrogens with zero attached hydrogens (tertiary/aromatic N) is 1. The first-order chi connectivity index (χ1) is 6.24. The van der Waals surface area contributed by atoms with Crippen LogP contribution in [0.4, 0.5) is 0 Å². The molecule has 1 aromatic carbocycles. The van der Waals surface area contributed by atoms with E-state index in [2.05, 4.69) is 15.9 Å². The molecule has 0 bridgehead atoms. The van der Waals surface area contributed by atoms with E-state index < -0.39 is 0 Å². The van der Waals surface area contributed by atoms with E-state index in [0.29, 0.717) is 0 Å². The summed E-state index contributed by atoms with van der Waals surface area (Å²) < 4.78 is 1.10. The van der Waals surface area contributed by atoms with Gasteiger partial charge in [0.05, 0.1) is 6.04 Å². The van der Waals surface area contributed by atoms with E-state index in [-0.39, 0.29) is 6.04 Å². The largest absolute Gasteiger partial charge is 0.301 e. The van der Waals surface area contributed by atoms with Crippen molar-refractivity contribution < 1.29 is 4.79 Å². The standard InChI is InChI=1S/C10H10BrNO/c1-12-5-8-7(10(12)6-13)3-2-4-9(8)11/h2-4,6,10H,5H2,1H3. The van der Waals surface area contributed by atoms with Crippen molar-refractivity contribution in [3.63, 3.8) is 0 Å². The van der Waals surface area contributed by atoms with Crippen molar-refractivity contribution in [3.05, 3.63) is 33.8 Å². The Morgan fingerprint density at radius 1 is 1.62 bits per heavy atom. The lowest BCUT2D eigenvalue weighted by Crippen LogP contribution is -2.17. The number of carbonyl (C=O) groups is 1. The Bertz CT molecular complexity index is 351. The van der Waals surface area contributed by atoms with Crippen LogP contribution in [0, 0.1) is 0 Å². The van der Waals surface area contributed by atoms with Crippen molar-refractivity contribution >= 4 is 22.2 Å². The Morgan fingerprint density at radius 3 is 3.08 bits per heavy atom. The van der Waals surface area contributed by atoms with Crippen molar-refractivity contribution in [2.45, 2.75) is 12.6 Å². The summed E-state index contributed by atoms with van der Waals surface area (Å²) in [6, 6.07) is 5.94. The first kappa shape index (κ1) is 8.91. The van der Waals surface area contributed by atoms with Crippen LogP contribution in [0.25, 0.3) is 0 Å². The van der Waals surface area contributed by atoms with Crippen LogP contribution in [0.5, 0.6) is 0 Å². The second kappa shape index (κ2) is 3.24. The van der Waals surface area contributed by atoms with E-state index >= 15 is 0 Å². The third kappa shape index (κ3) is 1.32. The van der Waals surface area contributed by atoms with Gasteiger partial charge in [0.15, 0.2) is 0 Å². The van der Waals surface area contributed by atoms with E-state index in [4.69, 9.17) is 0 Å². The first-order valence-electron chi connectivity index (χ1n) is 4.17. The fraction of sp³-hybridized carbons (Fsp3) is 0.300. The molecule has 0 radical (unpaired) electrons. The van der Waals surface area contributed by atoms with E-state index in [1.54, 1.807) is 0 Å². The predicted octanol–water partition coefficient (Wildman–Crippen LogP) is 2.13. The number of benzene rings is 1. The molecule has 68 valence electrons. The lowest BCUT2D eigenvalue weighted by atomic mass is 10.1. The normalized spacial score (nSPS) is 21.5. The third-order valence-corrected chi connectivity index (χ3v) is 3.23. The molecule has 0 fully saturated rings. The fourth-order valence-corrected chi connectivity index (χ4v) is 2.29. The summed E-state index contributed by atoms with van der Waals surface area (Å²) in [4.78, 5) is 12.9. The van der Waals surface area contributed by atoms with Gasteiger partial charge in [-0.15, -0.1) is 0 Å². The molecule has 1 aromatic rings. The summed E-state index contributed by atoms with van der Waals surface area (Å²) in [7, 11) is 1.96. The van der Waals surface area contributed by atoms with Crippen LogP contribution in [0.3, 0.4) is 0 Å². The minimum Gasteiger partial charge on any atom is -0.301 e. The van der Waals surface area contributed by atoms with E-state index in [0.717, 1.165) is 22.9 Å². The summed E-state index contributed by atoms with van der Waals surface area (Å²) in [6.07, 6.45) is 0.998. The number of likely N-dealkylation sites (N-methyl/N-ethyl adjacent to an activating group) is 1. The van der Waals surface area contributed by atoms with Gasteiger partial charge in [-0.2, -0.15) is 0 Å². The molecule has 1 aliphatic heterocycles. The third-order valence-electron chi connectivity index (χ3n) is 2.49. The van der Waals surface area contributed by atoms with Gasteiger partial charge in [-0.05, 0) is 24.2 Å². The minimum atomic E-state index is -0.0625. The van der Waals surface area contributed by atoms with Gasteiger partial charge in [-0.1, -0.05) is 28.1 Å². The Kier molecular flexibility index (Phi) is 2.22. The minimum absolute atomic E-state index is 0.0625. The van der Waals surface area contributed by atoms with Crippen LogP contribution >= 0.6 is 15.9 Å². The van der Waals surface area contributed by atoms with Gasteiger partial charge >= 0.3 is 0 Å². The molecule has 1 unspecified atom stereocenters. The molecule has 1 heterocycles. The van der Waals surface area contributed by atoms with Gasteiger partial charge in [0.1, 0.15) is 6.29 Å². The number of rotatable bonds is 1. The molecule has 0 N–H and O–H groups in total. The molecular weight excluding hydrogens is 230 g/mol. The van der Waals surface area contributed by atoms with Crippen molar-refractivity contribution in [2.24, 2.45) is 0 Å². The maximum Gasteiger partial charge on any atom is 0.141 e. The van der Waals surface area contributed by atoms with Gasteiger partial charge in [0.25, 0.3) is 0 Å². The van der Waals surface area contributed by atoms with Gasteiger partial charge in [0.2, 0.25) is 0 Å². The molecular formula is C10H10BrNO. The summed E-state index contributed by atoms with van der Waals surface area (Å²) in [5.41, 5.74) is 2.37. The first-order valence-corrected chi connectivity index (χ1v) is 4.96. The highest BCUT2D eigenvalue weighted by molar-refractivity contribution is 9.10. The second-order valence-corrected chi connectivity index (χ2v) is 4.16. The Balaban J connectivity index is 2.53. The van der Waals surface area contributed by atoms with Crippen LogP contribution in [-0.4, -0.2) is 18.2 Å². The average molecular weight is 240 g/mol. The molecule has 0 amide bonds. The molecule has 0 aromatic heterocycles. The molecule has 1 atom stereocenters. The molecule has 2 nitrogen and oxygen atoms in total. The molecule has 3 heteroatoms. The Labute approximate surface area is 85.7 Å². The fourth-order valence-electron chi connectivity index (χ4n) is 1.78. The van der Waals surface area contributed by atoms with Crippen LogP contribution in [0.15, 0.2) is 22.7 Å². The maximum absolute atomic E-state index is 10.8. The zero-order valence-corrected chi connectivity index (χ0v) is 8.91. The van der Waals surface area contributed by atoms with E-state index in [9.17, 15) is 4.79 Å². The molecule has 2 rings (SSSR count). The monoisotopic (exact) mass is 239 g/mol. The zero-order valence-electron chi connectivity index (χ0n) is 7.33. The second-order valence-electron chi connectivity index (χ2n) is 3.30. The summed E-state index contributed by atoms with van der Waals surface area (Å²) in [5, 5.41) is 0. The number of aldehydes is 1. The quantitative estimate of drug-likeness (QED) is 0.701. The Morgan fingerprint density at radius 2 is 2.38 bits per heavy atom. The number of carbonyl (C=O) groups excluding carboxylic acids is 1. The molecule has 0 saturated heterocycles. The number of hydrogen-bond donors (Lipinski definition) is 0. The lowest BCUT2D eigenvalue weighted by Gasteiger charge is -2.12. The summed E-state index contributed by atoms with van der Waals surface area (Å²) in [6.45, 7) is 0.847. The lowest BCUT2D eigenvalue weighted by molar-refractivity contribution is -0.111. The van der Waals surface area contributed by atoms with Crippen molar-refractivity contribution in [2.75, 3.05) is 7.05 Å². The zero-order chi connectivity index (χ0) is 9.42. The smallest absolute Gasteiger partial charge is 0.141 e. The highest BCUT2D eigenvalue weighted by Crippen LogP contribution is 2.34. The van der Waals surface area contributed by atoms with E-state index in [1.807, 2.05) is 30.1 Å². The van der Waals surface area contributed by atoms with Crippen molar-refractivity contribution in [1.29, 1.82) is 0 Å². The van der Waals surface area contributed by atoms with Crippen LogP contribution < -0.4 is 0 Å². The topological polar surface area (TPSA) is 20.3 Å². The molecule has 1 aliphatic rings. The van der Waals surface area contributed by atoms with Gasteiger partial charge in [-0.3, -0.25) is 4.90 Å².